The van der Waals surface area contributed by atoms with Crippen LogP contribution in [0.5, 0.6) is 0 Å². The predicted molar refractivity (Wildman–Crippen MR) is 115 cm³/mol. The van der Waals surface area contributed by atoms with Gasteiger partial charge in [-0.25, -0.2) is 0 Å². The van der Waals surface area contributed by atoms with Crippen molar-refractivity contribution in [2.24, 2.45) is 11.0 Å². The summed E-state index contributed by atoms with van der Waals surface area (Å²) in [5.74, 6) is 0.200. The van der Waals surface area contributed by atoms with Gasteiger partial charge in [-0.3, -0.25) is 10.2 Å². The van der Waals surface area contributed by atoms with E-state index in [9.17, 15) is 4.79 Å². The summed E-state index contributed by atoms with van der Waals surface area (Å²) in [5.41, 5.74) is 5.78. The third kappa shape index (κ3) is 4.39. The van der Waals surface area contributed by atoms with Gasteiger partial charge in [-0.1, -0.05) is 61.2 Å². The third-order valence-corrected chi connectivity index (χ3v) is 6.03. The molecule has 4 rings (SSSR count). The minimum atomic E-state index is 0.0919. The molecule has 1 saturated heterocycles. The third-order valence-electron chi connectivity index (χ3n) is 5.77. The van der Waals surface area contributed by atoms with Crippen LogP contribution < -0.4 is 5.43 Å². The van der Waals surface area contributed by atoms with Gasteiger partial charge in [-0.2, -0.15) is 5.10 Å². The second kappa shape index (κ2) is 8.78. The molecule has 28 heavy (non-hydrogen) atoms. The summed E-state index contributed by atoms with van der Waals surface area (Å²) < 4.78 is 0. The van der Waals surface area contributed by atoms with Gasteiger partial charge in [0.1, 0.15) is 5.71 Å². The first-order chi connectivity index (χ1) is 13.7. The first kappa shape index (κ1) is 19.0. The molecule has 1 aliphatic heterocycles. The SMILES string of the molecule is O=C1C(=NNc2ccc(Cl)cc2)C(Cc2ccccc2)CN1C1CCCCC1. The fourth-order valence-corrected chi connectivity index (χ4v) is 4.41. The van der Waals surface area contributed by atoms with E-state index in [0.29, 0.717) is 16.8 Å². The van der Waals surface area contributed by atoms with Crippen molar-refractivity contribution in [2.45, 2.75) is 44.6 Å². The summed E-state index contributed by atoms with van der Waals surface area (Å²) in [6, 6.07) is 18.1. The van der Waals surface area contributed by atoms with Crippen molar-refractivity contribution in [1.29, 1.82) is 0 Å². The number of nitrogens with one attached hydrogen (secondary N) is 1. The summed E-state index contributed by atoms with van der Waals surface area (Å²) in [4.78, 5) is 15.3. The van der Waals surface area contributed by atoms with Crippen LogP contribution in [0.4, 0.5) is 5.69 Å². The molecule has 2 fully saturated rings. The molecule has 1 heterocycles. The molecule has 0 spiro atoms. The smallest absolute Gasteiger partial charge is 0.270 e. The Labute approximate surface area is 171 Å². The molecule has 2 aromatic rings. The van der Waals surface area contributed by atoms with E-state index in [-0.39, 0.29) is 11.8 Å². The van der Waals surface area contributed by atoms with Gasteiger partial charge in [0.05, 0.1) is 5.69 Å². The zero-order chi connectivity index (χ0) is 19.3. The minimum absolute atomic E-state index is 0.0919. The summed E-state index contributed by atoms with van der Waals surface area (Å²) in [6.07, 6.45) is 6.77. The largest absolute Gasteiger partial charge is 0.334 e. The van der Waals surface area contributed by atoms with E-state index in [1.165, 1.54) is 24.8 Å². The number of hydrazone groups is 1. The van der Waals surface area contributed by atoms with E-state index >= 15 is 0 Å². The highest BCUT2D eigenvalue weighted by Crippen LogP contribution is 2.29. The van der Waals surface area contributed by atoms with Crippen molar-refractivity contribution in [3.8, 4) is 0 Å². The molecule has 1 unspecified atom stereocenters. The maximum atomic E-state index is 13.2. The molecule has 1 N–H and O–H groups in total. The molecule has 4 nitrogen and oxygen atoms in total. The lowest BCUT2D eigenvalue weighted by Gasteiger charge is -2.30. The van der Waals surface area contributed by atoms with E-state index in [0.717, 1.165) is 31.5 Å². The molecule has 146 valence electrons. The Kier molecular flexibility index (Phi) is 5.96. The molecular weight excluding hydrogens is 370 g/mol. The molecule has 2 aliphatic rings. The van der Waals surface area contributed by atoms with Crippen LogP contribution in [0.15, 0.2) is 59.7 Å². The van der Waals surface area contributed by atoms with Crippen LogP contribution in [-0.2, 0) is 11.2 Å². The van der Waals surface area contributed by atoms with Gasteiger partial charge in [0.25, 0.3) is 5.91 Å². The van der Waals surface area contributed by atoms with Crippen molar-refractivity contribution in [1.82, 2.24) is 4.90 Å². The van der Waals surface area contributed by atoms with Crippen LogP contribution in [0.1, 0.15) is 37.7 Å². The number of hydrogen-bond acceptors (Lipinski definition) is 3. The Morgan fingerprint density at radius 3 is 2.43 bits per heavy atom. The van der Waals surface area contributed by atoms with Crippen LogP contribution in [0, 0.1) is 5.92 Å². The first-order valence-electron chi connectivity index (χ1n) is 10.1. The molecule has 1 atom stereocenters. The number of amides is 1. The van der Waals surface area contributed by atoms with E-state index in [4.69, 9.17) is 11.6 Å². The van der Waals surface area contributed by atoms with Crippen molar-refractivity contribution >= 4 is 28.9 Å². The van der Waals surface area contributed by atoms with Crippen LogP contribution in [0.3, 0.4) is 0 Å². The number of anilines is 1. The van der Waals surface area contributed by atoms with Crippen LogP contribution in [0.25, 0.3) is 0 Å². The maximum Gasteiger partial charge on any atom is 0.270 e. The molecule has 1 aliphatic carbocycles. The summed E-state index contributed by atoms with van der Waals surface area (Å²) in [7, 11) is 0. The first-order valence-corrected chi connectivity index (χ1v) is 10.5. The van der Waals surface area contributed by atoms with E-state index in [1.807, 2.05) is 42.5 Å². The monoisotopic (exact) mass is 395 g/mol. The number of rotatable bonds is 5. The van der Waals surface area contributed by atoms with Crippen LogP contribution >= 0.6 is 11.6 Å². The summed E-state index contributed by atoms with van der Waals surface area (Å²) in [5, 5.41) is 5.24. The lowest BCUT2D eigenvalue weighted by molar-refractivity contribution is -0.125. The average Bonchev–Trinajstić information content (AvgIpc) is 3.04. The van der Waals surface area contributed by atoms with Gasteiger partial charge in [0.2, 0.25) is 0 Å². The molecule has 0 bridgehead atoms. The van der Waals surface area contributed by atoms with Crippen LogP contribution in [-0.4, -0.2) is 29.1 Å². The highest BCUT2D eigenvalue weighted by atomic mass is 35.5. The van der Waals surface area contributed by atoms with Gasteiger partial charge >= 0.3 is 0 Å². The Morgan fingerprint density at radius 2 is 1.71 bits per heavy atom. The van der Waals surface area contributed by atoms with Gasteiger partial charge in [-0.05, 0) is 49.1 Å². The fourth-order valence-electron chi connectivity index (χ4n) is 4.28. The number of hydrogen-bond donors (Lipinski definition) is 1. The molecule has 1 saturated carbocycles. The van der Waals surface area contributed by atoms with Gasteiger partial charge < -0.3 is 4.90 Å². The second-order valence-corrected chi connectivity index (χ2v) is 8.19. The van der Waals surface area contributed by atoms with Gasteiger partial charge in [-0.15, -0.1) is 0 Å². The highest BCUT2D eigenvalue weighted by molar-refractivity contribution is 6.41. The second-order valence-electron chi connectivity index (χ2n) is 7.75. The number of halogens is 1. The quantitative estimate of drug-likeness (QED) is 0.712. The Hall–Kier alpha value is -2.33. The standard InChI is InChI=1S/C23H26ClN3O/c24-19-11-13-20(14-12-19)25-26-22-18(15-17-7-3-1-4-8-17)16-27(23(22)28)21-9-5-2-6-10-21/h1,3-4,7-8,11-14,18,21,25H,2,5-6,9-10,15-16H2. The van der Waals surface area contributed by atoms with Crippen molar-refractivity contribution in [3.63, 3.8) is 0 Å². The zero-order valence-corrected chi connectivity index (χ0v) is 16.7. The maximum absolute atomic E-state index is 13.2. The minimum Gasteiger partial charge on any atom is -0.334 e. The molecular formula is C23H26ClN3O. The highest BCUT2D eigenvalue weighted by Gasteiger charge is 2.40. The number of carbonyl (C=O) groups is 1. The topological polar surface area (TPSA) is 44.7 Å². The fraction of sp³-hybridized carbons (Fsp3) is 0.391. The predicted octanol–water partition coefficient (Wildman–Crippen LogP) is 5.14. The molecule has 1 amide bonds. The summed E-state index contributed by atoms with van der Waals surface area (Å²) >= 11 is 5.96. The van der Waals surface area contributed by atoms with Crippen molar-refractivity contribution in [3.05, 3.63) is 65.2 Å². The Balaban J connectivity index is 1.55. The number of nitrogens with zero attached hydrogens (tertiary/aromatic N) is 2. The number of likely N-dealkylation sites (tertiary alicyclic amines) is 1. The van der Waals surface area contributed by atoms with Gasteiger partial charge in [0.15, 0.2) is 0 Å². The molecule has 2 aromatic carbocycles. The lowest BCUT2D eigenvalue weighted by atomic mass is 9.94. The van der Waals surface area contributed by atoms with Crippen LogP contribution in [0.2, 0.25) is 5.02 Å². The number of benzene rings is 2. The summed E-state index contributed by atoms with van der Waals surface area (Å²) in [6.45, 7) is 0.763. The van der Waals surface area contributed by atoms with Crippen molar-refractivity contribution in [2.75, 3.05) is 12.0 Å². The molecule has 0 aromatic heterocycles. The van der Waals surface area contributed by atoms with Gasteiger partial charge in [0, 0.05) is 23.5 Å². The Morgan fingerprint density at radius 1 is 1.00 bits per heavy atom. The zero-order valence-electron chi connectivity index (χ0n) is 16.0. The molecule has 5 heteroatoms. The van der Waals surface area contributed by atoms with E-state index in [1.54, 1.807) is 0 Å². The lowest BCUT2D eigenvalue weighted by Crippen LogP contribution is -2.39. The van der Waals surface area contributed by atoms with Crippen molar-refractivity contribution < 1.29 is 4.79 Å². The Bertz CT molecular complexity index is 829. The van der Waals surface area contributed by atoms with E-state index in [2.05, 4.69) is 27.6 Å². The normalized spacial score (nSPS) is 22.0. The number of carbonyl (C=O) groups excluding carboxylic acids is 1. The average molecular weight is 396 g/mol. The molecule has 0 radical (unpaired) electrons. The van der Waals surface area contributed by atoms with E-state index < -0.39 is 0 Å².